The quantitative estimate of drug-likeness (QED) is 0.617. The molecule has 0 aliphatic heterocycles. The fraction of sp³-hybridized carbons (Fsp3) is 0.556. The fourth-order valence-corrected chi connectivity index (χ4v) is 0.900. The average Bonchev–Trinajstić information content (AvgIpc) is 2.50. The van der Waals surface area contributed by atoms with Crippen LogP contribution in [0.1, 0.15) is 31.3 Å². The molecule has 13 heavy (non-hydrogen) atoms. The van der Waals surface area contributed by atoms with Crippen molar-refractivity contribution >= 4 is 5.97 Å². The highest BCUT2D eigenvalue weighted by molar-refractivity contribution is 5.86. The highest BCUT2D eigenvalue weighted by Crippen LogP contribution is 2.13. The summed E-state index contributed by atoms with van der Waals surface area (Å²) in [4.78, 5) is 15.0. The molecule has 0 unspecified atom stereocenters. The molecule has 0 N–H and O–H groups in total. The molecule has 1 rings (SSSR count). The number of methoxy groups -OCH3 is 1. The van der Waals surface area contributed by atoms with E-state index in [2.05, 4.69) is 9.72 Å². The van der Waals surface area contributed by atoms with Gasteiger partial charge in [-0.3, -0.25) is 0 Å². The van der Waals surface area contributed by atoms with E-state index in [4.69, 9.17) is 0 Å². The molecular formula is C9H14N2O2. The summed E-state index contributed by atoms with van der Waals surface area (Å²) in [5, 5.41) is 0. The van der Waals surface area contributed by atoms with Crippen LogP contribution in [0.5, 0.6) is 0 Å². The number of imidazole rings is 1. The molecule has 0 radical (unpaired) electrons. The molecule has 0 bridgehead atoms. The zero-order valence-electron chi connectivity index (χ0n) is 8.37. The lowest BCUT2D eigenvalue weighted by Crippen LogP contribution is -2.19. The number of nitrogens with zero attached hydrogens (tertiary/aromatic N) is 2. The molecule has 1 aromatic rings. The number of carbonyl (C=O) groups is 1. The van der Waals surface area contributed by atoms with Gasteiger partial charge in [-0.05, 0) is 20.8 Å². The van der Waals surface area contributed by atoms with E-state index in [-0.39, 0.29) is 5.54 Å². The number of carbonyl (C=O) groups excluding carboxylic acids is 1. The van der Waals surface area contributed by atoms with Gasteiger partial charge in [-0.2, -0.15) is 0 Å². The largest absolute Gasteiger partial charge is 0.464 e. The molecule has 1 aromatic heterocycles. The number of hydrogen-bond donors (Lipinski definition) is 0. The summed E-state index contributed by atoms with van der Waals surface area (Å²) in [7, 11) is 1.35. The zero-order chi connectivity index (χ0) is 10.1. The van der Waals surface area contributed by atoms with E-state index in [1.54, 1.807) is 12.5 Å². The highest BCUT2D eigenvalue weighted by Gasteiger charge is 2.16. The van der Waals surface area contributed by atoms with E-state index < -0.39 is 5.97 Å². The predicted octanol–water partition coefficient (Wildman–Crippen LogP) is 1.42. The molecule has 0 fully saturated rings. The molecule has 4 nitrogen and oxygen atoms in total. The molecule has 0 saturated heterocycles. The van der Waals surface area contributed by atoms with Crippen LogP contribution in [-0.2, 0) is 10.3 Å². The first-order chi connectivity index (χ1) is 5.95. The Bertz CT molecular complexity index is 310. The minimum absolute atomic E-state index is 0.0563. The molecule has 0 amide bonds. The van der Waals surface area contributed by atoms with Crippen molar-refractivity contribution in [2.24, 2.45) is 0 Å². The topological polar surface area (TPSA) is 44.1 Å². The summed E-state index contributed by atoms with van der Waals surface area (Å²) >= 11 is 0. The van der Waals surface area contributed by atoms with Crippen LogP contribution < -0.4 is 0 Å². The van der Waals surface area contributed by atoms with Crippen molar-refractivity contribution in [2.45, 2.75) is 26.3 Å². The molecule has 0 aromatic carbocycles. The molecule has 72 valence electrons. The number of rotatable bonds is 1. The van der Waals surface area contributed by atoms with Gasteiger partial charge in [0, 0.05) is 11.7 Å². The predicted molar refractivity (Wildman–Crippen MR) is 48.6 cm³/mol. The van der Waals surface area contributed by atoms with Gasteiger partial charge in [0.15, 0.2) is 5.69 Å². The maximum absolute atomic E-state index is 11.1. The standard InChI is InChI=1S/C9H14N2O2/c1-9(2,3)11-5-7(10-6-11)8(12)13-4/h5-6H,1-4H3. The molecule has 0 atom stereocenters. The van der Waals surface area contributed by atoms with Gasteiger partial charge in [-0.1, -0.05) is 0 Å². The highest BCUT2D eigenvalue weighted by atomic mass is 16.5. The van der Waals surface area contributed by atoms with Crippen LogP contribution >= 0.6 is 0 Å². The Morgan fingerprint density at radius 3 is 2.54 bits per heavy atom. The fourth-order valence-electron chi connectivity index (χ4n) is 0.900. The van der Waals surface area contributed by atoms with Crippen molar-refractivity contribution < 1.29 is 9.53 Å². The Hall–Kier alpha value is -1.32. The van der Waals surface area contributed by atoms with E-state index in [0.29, 0.717) is 5.69 Å². The molecule has 0 spiro atoms. The summed E-state index contributed by atoms with van der Waals surface area (Å²) < 4.78 is 6.42. The monoisotopic (exact) mass is 182 g/mol. The lowest BCUT2D eigenvalue weighted by Gasteiger charge is -2.19. The normalized spacial score (nSPS) is 11.4. The minimum Gasteiger partial charge on any atom is -0.464 e. The first-order valence-electron chi connectivity index (χ1n) is 4.08. The van der Waals surface area contributed by atoms with E-state index >= 15 is 0 Å². The Kier molecular flexibility index (Phi) is 2.40. The Balaban J connectivity index is 2.93. The average molecular weight is 182 g/mol. The second-order valence-corrected chi connectivity index (χ2v) is 3.83. The van der Waals surface area contributed by atoms with E-state index in [0.717, 1.165) is 0 Å². The van der Waals surface area contributed by atoms with Crippen LogP contribution in [0.3, 0.4) is 0 Å². The third-order valence-electron chi connectivity index (χ3n) is 1.75. The van der Waals surface area contributed by atoms with Crippen LogP contribution in [0.15, 0.2) is 12.5 Å². The molecule has 4 heteroatoms. The summed E-state index contributed by atoms with van der Waals surface area (Å²) in [5.74, 6) is -0.400. The molecule has 0 aliphatic rings. The van der Waals surface area contributed by atoms with Crippen LogP contribution in [-0.4, -0.2) is 22.6 Å². The first kappa shape index (κ1) is 9.77. The third-order valence-corrected chi connectivity index (χ3v) is 1.75. The van der Waals surface area contributed by atoms with Crippen LogP contribution in [0.25, 0.3) is 0 Å². The summed E-state index contributed by atoms with van der Waals surface area (Å²) in [6, 6.07) is 0. The number of aromatic nitrogens is 2. The van der Waals surface area contributed by atoms with Gasteiger partial charge in [-0.25, -0.2) is 9.78 Å². The van der Waals surface area contributed by atoms with Gasteiger partial charge >= 0.3 is 5.97 Å². The number of esters is 1. The van der Waals surface area contributed by atoms with Crippen molar-refractivity contribution in [1.29, 1.82) is 0 Å². The Labute approximate surface area is 77.5 Å². The van der Waals surface area contributed by atoms with E-state index in [1.165, 1.54) is 7.11 Å². The van der Waals surface area contributed by atoms with Crippen molar-refractivity contribution in [3.63, 3.8) is 0 Å². The molecule has 0 saturated carbocycles. The van der Waals surface area contributed by atoms with Crippen LogP contribution in [0.4, 0.5) is 0 Å². The van der Waals surface area contributed by atoms with Gasteiger partial charge < -0.3 is 9.30 Å². The Morgan fingerprint density at radius 1 is 1.54 bits per heavy atom. The van der Waals surface area contributed by atoms with Gasteiger partial charge in [-0.15, -0.1) is 0 Å². The van der Waals surface area contributed by atoms with E-state index in [1.807, 2.05) is 25.3 Å². The summed E-state index contributed by atoms with van der Waals surface area (Å²) in [5.41, 5.74) is 0.289. The SMILES string of the molecule is COC(=O)c1cn(C(C)(C)C)cn1. The lowest BCUT2D eigenvalue weighted by molar-refractivity contribution is 0.0594. The zero-order valence-corrected chi connectivity index (χ0v) is 8.37. The lowest BCUT2D eigenvalue weighted by atomic mass is 10.1. The maximum atomic E-state index is 11.1. The van der Waals surface area contributed by atoms with Gasteiger partial charge in [0.1, 0.15) is 0 Å². The van der Waals surface area contributed by atoms with E-state index in [9.17, 15) is 4.79 Å². The molecular weight excluding hydrogens is 168 g/mol. The smallest absolute Gasteiger partial charge is 0.358 e. The number of ether oxygens (including phenoxy) is 1. The third kappa shape index (κ3) is 2.08. The van der Waals surface area contributed by atoms with Crippen LogP contribution in [0, 0.1) is 0 Å². The van der Waals surface area contributed by atoms with Gasteiger partial charge in [0.25, 0.3) is 0 Å². The second-order valence-electron chi connectivity index (χ2n) is 3.83. The number of hydrogen-bond acceptors (Lipinski definition) is 3. The van der Waals surface area contributed by atoms with Crippen molar-refractivity contribution in [1.82, 2.24) is 9.55 Å². The summed E-state index contributed by atoms with van der Waals surface area (Å²) in [6.45, 7) is 6.11. The molecule has 1 heterocycles. The summed E-state index contributed by atoms with van der Waals surface area (Å²) in [6.07, 6.45) is 3.32. The van der Waals surface area contributed by atoms with Crippen molar-refractivity contribution in [2.75, 3.05) is 7.11 Å². The first-order valence-corrected chi connectivity index (χ1v) is 4.08. The van der Waals surface area contributed by atoms with Gasteiger partial charge in [0.05, 0.1) is 13.4 Å². The minimum atomic E-state index is -0.400. The van der Waals surface area contributed by atoms with Gasteiger partial charge in [0.2, 0.25) is 0 Å². The Morgan fingerprint density at radius 2 is 2.15 bits per heavy atom. The van der Waals surface area contributed by atoms with Crippen molar-refractivity contribution in [3.05, 3.63) is 18.2 Å². The molecule has 0 aliphatic carbocycles. The maximum Gasteiger partial charge on any atom is 0.358 e. The second kappa shape index (κ2) is 3.20. The van der Waals surface area contributed by atoms with Crippen molar-refractivity contribution in [3.8, 4) is 0 Å². The van der Waals surface area contributed by atoms with Crippen LogP contribution in [0.2, 0.25) is 0 Å².